The van der Waals surface area contributed by atoms with Crippen LogP contribution in [0, 0.1) is 22.0 Å². The average molecular weight is 364 g/mol. The molecule has 0 N–H and O–H groups in total. The van der Waals surface area contributed by atoms with Crippen LogP contribution in [0.4, 0.5) is 10.1 Å². The number of halogens is 1. The molecule has 0 radical (unpaired) electrons. The minimum absolute atomic E-state index is 0.0970. The van der Waals surface area contributed by atoms with E-state index in [2.05, 4.69) is 0 Å². The number of benzene rings is 1. The molecule has 0 spiro atoms. The van der Waals surface area contributed by atoms with Gasteiger partial charge in [0.1, 0.15) is 12.8 Å². The summed E-state index contributed by atoms with van der Waals surface area (Å²) in [5.74, 6) is -3.42. The lowest BCUT2D eigenvalue weighted by atomic mass is 9.80. The molecule has 2 heterocycles. The van der Waals surface area contributed by atoms with Gasteiger partial charge in [-0.1, -0.05) is 6.92 Å². The normalized spacial score (nSPS) is 28.3. The number of carbonyl (C=O) groups is 3. The van der Waals surface area contributed by atoms with E-state index in [4.69, 9.17) is 4.74 Å². The quantitative estimate of drug-likeness (QED) is 0.257. The van der Waals surface area contributed by atoms with Gasteiger partial charge < -0.3 is 9.64 Å². The molecule has 2 aliphatic heterocycles. The first-order valence-electron chi connectivity index (χ1n) is 8.14. The maximum absolute atomic E-state index is 13.6. The van der Waals surface area contributed by atoms with E-state index in [0.29, 0.717) is 5.56 Å². The molecule has 2 saturated heterocycles. The van der Waals surface area contributed by atoms with Crippen molar-refractivity contribution in [3.8, 4) is 0 Å². The zero-order valence-corrected chi connectivity index (χ0v) is 14.1. The summed E-state index contributed by atoms with van der Waals surface area (Å²) < 4.78 is 18.7. The number of ketones is 1. The first-order chi connectivity index (χ1) is 12.2. The van der Waals surface area contributed by atoms with Crippen molar-refractivity contribution >= 4 is 23.3 Å². The fraction of sp³-hybridized carbons (Fsp3) is 0.471. The first-order valence-corrected chi connectivity index (χ1v) is 8.14. The number of rotatable bonds is 5. The maximum atomic E-state index is 13.6. The standard InChI is InChI=1S/C17H17FN2O6/c1-8-13-12(9(2)18)16(22)19(13)14(15(8)21)17(23)26-7-10-3-5-11(6-4-10)20(24)25/h3-6,8-9,12-14H,7H2,1-2H3. The van der Waals surface area contributed by atoms with Crippen LogP contribution in [0.3, 0.4) is 0 Å². The predicted octanol–water partition coefficient (Wildman–Crippen LogP) is 1.41. The Morgan fingerprint density at radius 3 is 2.50 bits per heavy atom. The van der Waals surface area contributed by atoms with E-state index < -0.39 is 52.7 Å². The molecule has 5 atom stereocenters. The first kappa shape index (κ1) is 18.0. The Hall–Kier alpha value is -2.84. The molecule has 1 aromatic rings. The molecule has 0 saturated carbocycles. The Balaban J connectivity index is 1.67. The molecule has 1 aromatic carbocycles. The van der Waals surface area contributed by atoms with Gasteiger partial charge in [0.05, 0.1) is 16.9 Å². The molecule has 26 heavy (non-hydrogen) atoms. The minimum Gasteiger partial charge on any atom is -0.459 e. The SMILES string of the molecule is CC(F)C1C(=O)N2C(C(=O)OCc3ccc([N+](=O)[O-])cc3)C(=O)C(C)C12. The van der Waals surface area contributed by atoms with E-state index in [1.807, 2.05) is 0 Å². The molecule has 9 heteroatoms. The average Bonchev–Trinajstić information content (AvgIpc) is 2.81. The number of nitrogens with zero attached hydrogens (tertiary/aromatic N) is 2. The zero-order valence-electron chi connectivity index (χ0n) is 14.1. The molecule has 3 rings (SSSR count). The molecule has 2 aliphatic rings. The summed E-state index contributed by atoms with van der Waals surface area (Å²) in [4.78, 5) is 48.0. The van der Waals surface area contributed by atoms with Gasteiger partial charge in [0, 0.05) is 18.1 Å². The van der Waals surface area contributed by atoms with E-state index in [9.17, 15) is 28.9 Å². The monoisotopic (exact) mass is 364 g/mol. The van der Waals surface area contributed by atoms with E-state index >= 15 is 0 Å². The number of hydrogen-bond acceptors (Lipinski definition) is 6. The second kappa shape index (κ2) is 6.47. The van der Waals surface area contributed by atoms with Gasteiger partial charge in [-0.3, -0.25) is 19.7 Å². The van der Waals surface area contributed by atoms with Gasteiger partial charge in [-0.15, -0.1) is 0 Å². The topological polar surface area (TPSA) is 107 Å². The number of carbonyl (C=O) groups excluding carboxylic acids is 3. The van der Waals surface area contributed by atoms with Gasteiger partial charge in [0.15, 0.2) is 11.8 Å². The molecule has 0 bridgehead atoms. The van der Waals surface area contributed by atoms with E-state index in [-0.39, 0.29) is 12.3 Å². The Kier molecular flexibility index (Phi) is 4.47. The third kappa shape index (κ3) is 2.73. The number of alkyl halides is 1. The fourth-order valence-electron chi connectivity index (χ4n) is 3.61. The third-order valence-electron chi connectivity index (χ3n) is 4.98. The molecule has 0 aromatic heterocycles. The lowest BCUT2D eigenvalue weighted by molar-refractivity contribution is -0.384. The van der Waals surface area contributed by atoms with Crippen LogP contribution in [0.2, 0.25) is 0 Å². The predicted molar refractivity (Wildman–Crippen MR) is 85.5 cm³/mol. The van der Waals surface area contributed by atoms with Crippen LogP contribution in [0.15, 0.2) is 24.3 Å². The highest BCUT2D eigenvalue weighted by atomic mass is 19.1. The number of ether oxygens (including phenoxy) is 1. The van der Waals surface area contributed by atoms with E-state index in [1.165, 1.54) is 31.2 Å². The summed E-state index contributed by atoms with van der Waals surface area (Å²) in [7, 11) is 0. The number of fused-ring (bicyclic) bond motifs is 1. The maximum Gasteiger partial charge on any atom is 0.337 e. The number of non-ortho nitro benzene ring substituents is 1. The van der Waals surface area contributed by atoms with Gasteiger partial charge >= 0.3 is 5.97 Å². The highest BCUT2D eigenvalue weighted by Gasteiger charge is 2.65. The van der Waals surface area contributed by atoms with E-state index in [0.717, 1.165) is 4.90 Å². The van der Waals surface area contributed by atoms with Crippen molar-refractivity contribution < 1.29 is 28.4 Å². The highest BCUT2D eigenvalue weighted by Crippen LogP contribution is 2.43. The molecular formula is C17H17FN2O6. The summed E-state index contributed by atoms with van der Waals surface area (Å²) in [6.45, 7) is 2.65. The molecule has 0 aliphatic carbocycles. The Morgan fingerprint density at radius 2 is 1.96 bits per heavy atom. The molecule has 138 valence electrons. The number of nitro groups is 1. The lowest BCUT2D eigenvalue weighted by Gasteiger charge is -2.45. The van der Waals surface area contributed by atoms with Crippen molar-refractivity contribution in [3.05, 3.63) is 39.9 Å². The number of β-lactam (4-membered cyclic amide) rings is 1. The number of Topliss-reactive ketones (excluding diaryl/α,β-unsaturated/α-hetero) is 1. The number of esters is 1. The lowest BCUT2D eigenvalue weighted by Crippen LogP contribution is -2.65. The summed E-state index contributed by atoms with van der Waals surface area (Å²) in [6.07, 6.45) is -1.39. The van der Waals surface area contributed by atoms with Crippen LogP contribution in [-0.4, -0.2) is 45.7 Å². The summed E-state index contributed by atoms with van der Waals surface area (Å²) in [5.41, 5.74) is 0.407. The fourth-order valence-corrected chi connectivity index (χ4v) is 3.61. The Bertz CT molecular complexity index is 778. The van der Waals surface area contributed by atoms with Crippen LogP contribution in [0.5, 0.6) is 0 Å². The highest BCUT2D eigenvalue weighted by molar-refractivity contribution is 6.12. The van der Waals surface area contributed by atoms with Crippen molar-refractivity contribution in [2.75, 3.05) is 0 Å². The van der Waals surface area contributed by atoms with Crippen molar-refractivity contribution in [3.63, 3.8) is 0 Å². The number of nitro benzene ring substituents is 1. The largest absolute Gasteiger partial charge is 0.459 e. The Labute approximate surface area is 148 Å². The van der Waals surface area contributed by atoms with Crippen LogP contribution >= 0.6 is 0 Å². The second-order valence-electron chi connectivity index (χ2n) is 6.56. The molecule has 5 unspecified atom stereocenters. The van der Waals surface area contributed by atoms with Crippen molar-refractivity contribution in [2.45, 2.75) is 38.7 Å². The Morgan fingerprint density at radius 1 is 1.35 bits per heavy atom. The number of hydrogen-bond donors (Lipinski definition) is 0. The summed E-state index contributed by atoms with van der Waals surface area (Å²) in [5, 5.41) is 10.6. The van der Waals surface area contributed by atoms with Gasteiger partial charge in [-0.05, 0) is 24.6 Å². The van der Waals surface area contributed by atoms with Gasteiger partial charge in [-0.2, -0.15) is 0 Å². The third-order valence-corrected chi connectivity index (χ3v) is 4.98. The van der Waals surface area contributed by atoms with Crippen molar-refractivity contribution in [1.82, 2.24) is 4.90 Å². The smallest absolute Gasteiger partial charge is 0.337 e. The number of amides is 1. The summed E-state index contributed by atoms with van der Waals surface area (Å²) in [6, 6.07) is 3.44. The van der Waals surface area contributed by atoms with Crippen LogP contribution in [0.1, 0.15) is 19.4 Å². The van der Waals surface area contributed by atoms with Crippen molar-refractivity contribution in [2.24, 2.45) is 11.8 Å². The zero-order chi connectivity index (χ0) is 19.2. The molecule has 1 amide bonds. The summed E-state index contributed by atoms with van der Waals surface area (Å²) >= 11 is 0. The molecular weight excluding hydrogens is 347 g/mol. The molecule has 8 nitrogen and oxygen atoms in total. The van der Waals surface area contributed by atoms with Gasteiger partial charge in [0.2, 0.25) is 5.91 Å². The van der Waals surface area contributed by atoms with Crippen LogP contribution < -0.4 is 0 Å². The van der Waals surface area contributed by atoms with Gasteiger partial charge in [0.25, 0.3) is 5.69 Å². The second-order valence-corrected chi connectivity index (χ2v) is 6.56. The molecule has 2 fully saturated rings. The van der Waals surface area contributed by atoms with Gasteiger partial charge in [-0.25, -0.2) is 9.18 Å². The van der Waals surface area contributed by atoms with Crippen molar-refractivity contribution in [1.29, 1.82) is 0 Å². The van der Waals surface area contributed by atoms with Crippen LogP contribution in [-0.2, 0) is 25.7 Å². The van der Waals surface area contributed by atoms with E-state index in [1.54, 1.807) is 6.92 Å². The minimum atomic E-state index is -1.39. The van der Waals surface area contributed by atoms with Crippen LogP contribution in [0.25, 0.3) is 0 Å².